The summed E-state index contributed by atoms with van der Waals surface area (Å²) in [5.41, 5.74) is 0.792. The summed E-state index contributed by atoms with van der Waals surface area (Å²) in [5.74, 6) is 0.866. The Bertz CT molecular complexity index is 1130. The van der Waals surface area contributed by atoms with Crippen molar-refractivity contribution in [1.82, 2.24) is 15.2 Å². The number of aromatic nitrogens is 1. The summed E-state index contributed by atoms with van der Waals surface area (Å²) < 4.78 is 17.5. The highest BCUT2D eigenvalue weighted by Gasteiger charge is 2.40. The molecule has 2 aromatic heterocycles. The monoisotopic (exact) mass is 475 g/mol. The average Bonchev–Trinajstić information content (AvgIpc) is 3.43. The summed E-state index contributed by atoms with van der Waals surface area (Å²) in [6.07, 6.45) is 9.19. The molecule has 2 amide bonds. The molecule has 2 atom stereocenters. The molecule has 182 valence electrons. The standard InChI is InChI=1S/C27H29N3O5/c31-26(29-20-9-2-1-3-10-20)25(23-13-7-15-33-23)30(17-19-8-6-14-28-16-19)27(32)24-18-34-21-11-4-5-12-22(21)35-24/h4-8,11-16,20,24-25H,1-3,9-10,17-18H2,(H,29,31)/t24-,25-/m1/s1. The summed E-state index contributed by atoms with van der Waals surface area (Å²) in [7, 11) is 0. The Balaban J connectivity index is 1.45. The van der Waals surface area contributed by atoms with E-state index in [2.05, 4.69) is 10.3 Å². The Kier molecular flexibility index (Phi) is 6.97. The SMILES string of the molecule is O=C(NC1CCCCC1)[C@@H](c1ccco1)N(Cc1cccnc1)C(=O)[C@H]1COc2ccccc2O1. The summed E-state index contributed by atoms with van der Waals surface area (Å²) in [6, 6.07) is 13.5. The van der Waals surface area contributed by atoms with E-state index >= 15 is 0 Å². The summed E-state index contributed by atoms with van der Waals surface area (Å²) in [6.45, 7) is 0.214. The Morgan fingerprint density at radius 3 is 2.60 bits per heavy atom. The highest BCUT2D eigenvalue weighted by Crippen LogP contribution is 2.33. The van der Waals surface area contributed by atoms with Gasteiger partial charge in [-0.1, -0.05) is 37.5 Å². The number of hydrogen-bond donors (Lipinski definition) is 1. The van der Waals surface area contributed by atoms with Gasteiger partial charge in [0.1, 0.15) is 12.4 Å². The number of carbonyl (C=O) groups is 2. The minimum absolute atomic E-state index is 0.0501. The first-order valence-electron chi connectivity index (χ1n) is 12.1. The van der Waals surface area contributed by atoms with Gasteiger partial charge in [0, 0.05) is 25.0 Å². The fourth-order valence-electron chi connectivity index (χ4n) is 4.71. The van der Waals surface area contributed by atoms with E-state index in [0.717, 1.165) is 31.2 Å². The Morgan fingerprint density at radius 1 is 1.03 bits per heavy atom. The normalized spacial score (nSPS) is 18.5. The molecule has 3 aromatic rings. The summed E-state index contributed by atoms with van der Waals surface area (Å²) in [4.78, 5) is 33.3. The van der Waals surface area contributed by atoms with Gasteiger partial charge in [-0.3, -0.25) is 14.6 Å². The van der Waals surface area contributed by atoms with Gasteiger partial charge >= 0.3 is 0 Å². The van der Waals surface area contributed by atoms with Crippen LogP contribution in [0, 0.1) is 0 Å². The number of pyridine rings is 1. The molecule has 1 saturated carbocycles. The minimum Gasteiger partial charge on any atom is -0.485 e. The van der Waals surface area contributed by atoms with Gasteiger partial charge in [0.2, 0.25) is 6.10 Å². The van der Waals surface area contributed by atoms with Crippen LogP contribution in [0.2, 0.25) is 0 Å². The topological polar surface area (TPSA) is 93.9 Å². The molecule has 0 spiro atoms. The van der Waals surface area contributed by atoms with Crippen LogP contribution in [-0.4, -0.2) is 40.5 Å². The lowest BCUT2D eigenvalue weighted by atomic mass is 9.95. The van der Waals surface area contributed by atoms with Gasteiger partial charge in [0.25, 0.3) is 11.8 Å². The third kappa shape index (κ3) is 5.31. The van der Waals surface area contributed by atoms with E-state index in [1.165, 1.54) is 17.6 Å². The van der Waals surface area contributed by atoms with Gasteiger partial charge in [-0.25, -0.2) is 0 Å². The summed E-state index contributed by atoms with van der Waals surface area (Å²) >= 11 is 0. The van der Waals surface area contributed by atoms with E-state index in [1.54, 1.807) is 42.7 Å². The van der Waals surface area contributed by atoms with Crippen molar-refractivity contribution in [3.63, 3.8) is 0 Å². The largest absolute Gasteiger partial charge is 0.485 e. The van der Waals surface area contributed by atoms with Crippen LogP contribution in [0.5, 0.6) is 11.5 Å². The molecule has 1 fully saturated rings. The molecule has 0 radical (unpaired) electrons. The number of carbonyl (C=O) groups excluding carboxylic acids is 2. The van der Waals surface area contributed by atoms with Crippen LogP contribution in [0.3, 0.4) is 0 Å². The smallest absolute Gasteiger partial charge is 0.268 e. The summed E-state index contributed by atoms with van der Waals surface area (Å²) in [5, 5.41) is 3.17. The number of nitrogens with one attached hydrogen (secondary N) is 1. The third-order valence-corrected chi connectivity index (χ3v) is 6.47. The number of amides is 2. The van der Waals surface area contributed by atoms with Gasteiger partial charge in [-0.05, 0) is 48.7 Å². The maximum absolute atomic E-state index is 13.9. The van der Waals surface area contributed by atoms with E-state index in [1.807, 2.05) is 18.2 Å². The van der Waals surface area contributed by atoms with Crippen LogP contribution in [0.15, 0.2) is 71.6 Å². The van der Waals surface area contributed by atoms with E-state index in [4.69, 9.17) is 13.9 Å². The molecular formula is C27H29N3O5. The van der Waals surface area contributed by atoms with Gasteiger partial charge < -0.3 is 24.1 Å². The predicted molar refractivity (Wildman–Crippen MR) is 128 cm³/mol. The number of ether oxygens (including phenoxy) is 2. The van der Waals surface area contributed by atoms with Gasteiger partial charge in [0.15, 0.2) is 17.5 Å². The zero-order chi connectivity index (χ0) is 24.0. The lowest BCUT2D eigenvalue weighted by Crippen LogP contribution is -2.52. The number of benzene rings is 1. The molecule has 2 aliphatic rings. The van der Waals surface area contributed by atoms with E-state index in [0.29, 0.717) is 17.3 Å². The molecule has 8 heteroatoms. The van der Waals surface area contributed by atoms with Crippen molar-refractivity contribution < 1.29 is 23.5 Å². The maximum atomic E-state index is 13.9. The zero-order valence-electron chi connectivity index (χ0n) is 19.5. The molecular weight excluding hydrogens is 446 g/mol. The van der Waals surface area contributed by atoms with Crippen molar-refractivity contribution in [3.8, 4) is 11.5 Å². The predicted octanol–water partition coefficient (Wildman–Crippen LogP) is 4.03. The molecule has 1 aliphatic heterocycles. The van der Waals surface area contributed by atoms with Crippen LogP contribution < -0.4 is 14.8 Å². The van der Waals surface area contributed by atoms with Crippen LogP contribution in [0.4, 0.5) is 0 Å². The molecule has 35 heavy (non-hydrogen) atoms. The lowest BCUT2D eigenvalue weighted by molar-refractivity contribution is -0.150. The number of nitrogens with zero attached hydrogens (tertiary/aromatic N) is 2. The first kappa shape index (κ1) is 23.0. The van der Waals surface area contributed by atoms with Crippen LogP contribution in [0.1, 0.15) is 49.5 Å². The highest BCUT2D eigenvalue weighted by atomic mass is 16.6. The fraction of sp³-hybridized carbons (Fsp3) is 0.370. The van der Waals surface area contributed by atoms with Gasteiger partial charge in [-0.2, -0.15) is 0 Å². The first-order chi connectivity index (χ1) is 17.2. The lowest BCUT2D eigenvalue weighted by Gasteiger charge is -2.35. The number of fused-ring (bicyclic) bond motifs is 1. The first-order valence-corrected chi connectivity index (χ1v) is 12.1. The van der Waals surface area contributed by atoms with Crippen LogP contribution in [0.25, 0.3) is 0 Å². The maximum Gasteiger partial charge on any atom is 0.268 e. The van der Waals surface area contributed by atoms with Crippen LogP contribution >= 0.6 is 0 Å². The van der Waals surface area contributed by atoms with Crippen molar-refractivity contribution >= 4 is 11.8 Å². The molecule has 0 unspecified atom stereocenters. The quantitative estimate of drug-likeness (QED) is 0.555. The Morgan fingerprint density at radius 2 is 1.86 bits per heavy atom. The van der Waals surface area contributed by atoms with E-state index in [-0.39, 0.29) is 31.0 Å². The minimum atomic E-state index is -0.958. The van der Waals surface area contributed by atoms with Crippen molar-refractivity contribution in [2.24, 2.45) is 0 Å². The number of rotatable bonds is 7. The molecule has 1 N–H and O–H groups in total. The number of furan rings is 1. The van der Waals surface area contributed by atoms with Crippen molar-refractivity contribution in [3.05, 3.63) is 78.5 Å². The second kappa shape index (κ2) is 10.6. The number of para-hydroxylation sites is 2. The molecule has 1 aromatic carbocycles. The molecule has 3 heterocycles. The van der Waals surface area contributed by atoms with Gasteiger partial charge in [0.05, 0.1) is 6.26 Å². The van der Waals surface area contributed by atoms with Crippen molar-refractivity contribution in [2.75, 3.05) is 6.61 Å². The Hall–Kier alpha value is -3.81. The zero-order valence-corrected chi connectivity index (χ0v) is 19.5. The second-order valence-electron chi connectivity index (χ2n) is 8.95. The molecule has 5 rings (SSSR count). The van der Waals surface area contributed by atoms with Crippen molar-refractivity contribution in [1.29, 1.82) is 0 Å². The van der Waals surface area contributed by atoms with E-state index in [9.17, 15) is 9.59 Å². The molecule has 0 saturated heterocycles. The highest BCUT2D eigenvalue weighted by molar-refractivity contribution is 5.90. The molecule has 0 bridgehead atoms. The third-order valence-electron chi connectivity index (χ3n) is 6.47. The van der Waals surface area contributed by atoms with Crippen LogP contribution in [-0.2, 0) is 16.1 Å². The average molecular weight is 476 g/mol. The van der Waals surface area contributed by atoms with Gasteiger partial charge in [-0.15, -0.1) is 0 Å². The van der Waals surface area contributed by atoms with E-state index < -0.39 is 12.1 Å². The molecule has 8 nitrogen and oxygen atoms in total. The fourth-order valence-corrected chi connectivity index (χ4v) is 4.71. The number of hydrogen-bond acceptors (Lipinski definition) is 6. The second-order valence-corrected chi connectivity index (χ2v) is 8.95. The Labute approximate surface area is 204 Å². The van der Waals surface area contributed by atoms with Crippen molar-refractivity contribution in [2.45, 2.75) is 56.8 Å². The molecule has 1 aliphatic carbocycles.